The van der Waals surface area contributed by atoms with Crippen LogP contribution in [-0.2, 0) is 19.6 Å². The Bertz CT molecular complexity index is 469. The fourth-order valence-electron chi connectivity index (χ4n) is 2.69. The van der Waals surface area contributed by atoms with Gasteiger partial charge in [-0.3, -0.25) is 4.79 Å². The van der Waals surface area contributed by atoms with Crippen molar-refractivity contribution < 1.29 is 23.1 Å². The average molecular weight is 305 g/mol. The number of carbonyl (C=O) groups is 1. The molecule has 2 fully saturated rings. The molecule has 1 aliphatic carbocycles. The van der Waals surface area contributed by atoms with Gasteiger partial charge in [0.1, 0.15) is 6.04 Å². The second-order valence-corrected chi connectivity index (χ2v) is 8.41. The minimum atomic E-state index is -3.54. The molecule has 0 aromatic rings. The Morgan fingerprint density at radius 1 is 1.40 bits per heavy atom. The van der Waals surface area contributed by atoms with Gasteiger partial charge in [0.25, 0.3) is 0 Å². The van der Waals surface area contributed by atoms with Crippen molar-refractivity contribution in [2.24, 2.45) is 11.3 Å². The number of sulfonamides is 1. The molecule has 1 heterocycles. The number of hydrogen-bond acceptors (Lipinski definition) is 4. The molecule has 0 aromatic heterocycles. The highest BCUT2D eigenvalue weighted by molar-refractivity contribution is 7.89. The molecule has 7 heteroatoms. The van der Waals surface area contributed by atoms with E-state index in [2.05, 4.69) is 13.8 Å². The van der Waals surface area contributed by atoms with Crippen LogP contribution in [-0.4, -0.2) is 55.4 Å². The van der Waals surface area contributed by atoms with Crippen LogP contribution in [0.2, 0.25) is 0 Å². The van der Waals surface area contributed by atoms with E-state index in [0.29, 0.717) is 12.3 Å². The first-order valence-corrected chi connectivity index (χ1v) is 8.65. The number of morpholine rings is 1. The van der Waals surface area contributed by atoms with E-state index in [-0.39, 0.29) is 30.9 Å². The van der Waals surface area contributed by atoms with E-state index >= 15 is 0 Å². The van der Waals surface area contributed by atoms with Crippen LogP contribution in [0, 0.1) is 11.3 Å². The zero-order chi connectivity index (χ0) is 15.0. The third-order valence-electron chi connectivity index (χ3n) is 4.41. The number of rotatable bonds is 6. The molecule has 20 heavy (non-hydrogen) atoms. The Hall–Kier alpha value is -0.660. The maximum absolute atomic E-state index is 12.4. The molecule has 6 nitrogen and oxygen atoms in total. The molecule has 1 N–H and O–H groups in total. The van der Waals surface area contributed by atoms with Crippen LogP contribution < -0.4 is 0 Å². The molecule has 1 aliphatic heterocycles. The summed E-state index contributed by atoms with van der Waals surface area (Å²) in [7, 11) is -3.54. The third kappa shape index (κ3) is 3.51. The summed E-state index contributed by atoms with van der Waals surface area (Å²) in [6.45, 7) is 4.50. The topological polar surface area (TPSA) is 83.9 Å². The minimum absolute atomic E-state index is 0.0120. The van der Waals surface area contributed by atoms with Crippen molar-refractivity contribution in [2.45, 2.75) is 39.2 Å². The Morgan fingerprint density at radius 2 is 2.05 bits per heavy atom. The van der Waals surface area contributed by atoms with Crippen molar-refractivity contribution in [1.29, 1.82) is 0 Å². The molecular formula is C13H23NO5S. The molecule has 0 spiro atoms. The van der Waals surface area contributed by atoms with Gasteiger partial charge in [-0.15, -0.1) is 0 Å². The lowest BCUT2D eigenvalue weighted by Gasteiger charge is -2.33. The molecule has 2 rings (SSSR count). The van der Waals surface area contributed by atoms with E-state index < -0.39 is 22.0 Å². The van der Waals surface area contributed by atoms with E-state index in [4.69, 9.17) is 9.84 Å². The Morgan fingerprint density at radius 3 is 2.60 bits per heavy atom. The summed E-state index contributed by atoms with van der Waals surface area (Å²) in [4.78, 5) is 11.1. The third-order valence-corrected chi connectivity index (χ3v) is 6.28. The first kappa shape index (κ1) is 15.7. The zero-order valence-corrected chi connectivity index (χ0v) is 12.9. The molecule has 0 amide bonds. The van der Waals surface area contributed by atoms with Crippen LogP contribution in [0.4, 0.5) is 0 Å². The van der Waals surface area contributed by atoms with Gasteiger partial charge in [-0.05, 0) is 30.6 Å². The summed E-state index contributed by atoms with van der Waals surface area (Å²) in [6, 6.07) is -1.09. The Labute approximate surface area is 120 Å². The largest absolute Gasteiger partial charge is 0.480 e. The normalized spacial score (nSPS) is 25.6. The maximum atomic E-state index is 12.4. The lowest BCUT2D eigenvalue weighted by atomic mass is 9.85. The van der Waals surface area contributed by atoms with E-state index in [1.165, 1.54) is 12.8 Å². The molecule has 2 aliphatic rings. The summed E-state index contributed by atoms with van der Waals surface area (Å²) < 4.78 is 31.0. The first-order valence-electron chi connectivity index (χ1n) is 7.04. The van der Waals surface area contributed by atoms with Gasteiger partial charge in [0.2, 0.25) is 10.0 Å². The SMILES string of the molecule is CC(C)(CCS(=O)(=O)N1CCOCC1C(=O)O)C1CC1. The predicted octanol–water partition coefficient (Wildman–Crippen LogP) is 0.928. The van der Waals surface area contributed by atoms with Gasteiger partial charge in [0.05, 0.1) is 19.0 Å². The highest BCUT2D eigenvalue weighted by atomic mass is 32.2. The molecule has 0 bridgehead atoms. The van der Waals surface area contributed by atoms with Crippen LogP contribution in [0.3, 0.4) is 0 Å². The van der Waals surface area contributed by atoms with Crippen molar-refractivity contribution >= 4 is 16.0 Å². The Kier molecular flexibility index (Phi) is 4.41. The second-order valence-electron chi connectivity index (χ2n) is 6.37. The molecule has 0 radical (unpaired) electrons. The van der Waals surface area contributed by atoms with E-state index in [9.17, 15) is 13.2 Å². The van der Waals surface area contributed by atoms with Crippen molar-refractivity contribution in [2.75, 3.05) is 25.5 Å². The minimum Gasteiger partial charge on any atom is -0.480 e. The smallest absolute Gasteiger partial charge is 0.324 e. The fourth-order valence-corrected chi connectivity index (χ4v) is 4.60. The molecule has 0 aromatic carbocycles. The van der Waals surface area contributed by atoms with Crippen molar-refractivity contribution in [1.82, 2.24) is 4.31 Å². The van der Waals surface area contributed by atoms with Gasteiger partial charge in [0.15, 0.2) is 0 Å². The van der Waals surface area contributed by atoms with Crippen molar-refractivity contribution in [3.8, 4) is 0 Å². The fraction of sp³-hybridized carbons (Fsp3) is 0.923. The number of hydrogen-bond donors (Lipinski definition) is 1. The monoisotopic (exact) mass is 305 g/mol. The molecule has 1 saturated heterocycles. The molecular weight excluding hydrogens is 282 g/mol. The van der Waals surface area contributed by atoms with Gasteiger partial charge in [-0.1, -0.05) is 13.8 Å². The van der Waals surface area contributed by atoms with Crippen molar-refractivity contribution in [3.63, 3.8) is 0 Å². The molecule has 116 valence electrons. The van der Waals surface area contributed by atoms with Gasteiger partial charge >= 0.3 is 5.97 Å². The quantitative estimate of drug-likeness (QED) is 0.789. The summed E-state index contributed by atoms with van der Waals surface area (Å²) in [5.41, 5.74) is 0.0120. The summed E-state index contributed by atoms with van der Waals surface area (Å²) in [5, 5.41) is 9.11. The molecule has 1 saturated carbocycles. The number of ether oxygens (including phenoxy) is 1. The van der Waals surface area contributed by atoms with E-state index in [1.807, 2.05) is 0 Å². The predicted molar refractivity (Wildman–Crippen MR) is 73.9 cm³/mol. The first-order chi connectivity index (χ1) is 9.24. The van der Waals surface area contributed by atoms with E-state index in [0.717, 1.165) is 4.31 Å². The summed E-state index contributed by atoms with van der Waals surface area (Å²) in [6.07, 6.45) is 2.91. The number of nitrogens with zero attached hydrogens (tertiary/aromatic N) is 1. The lowest BCUT2D eigenvalue weighted by molar-refractivity contribution is -0.146. The van der Waals surface area contributed by atoms with Gasteiger partial charge < -0.3 is 9.84 Å². The van der Waals surface area contributed by atoms with Gasteiger partial charge in [0, 0.05) is 6.54 Å². The average Bonchev–Trinajstić information content (AvgIpc) is 3.21. The second kappa shape index (κ2) is 5.61. The van der Waals surface area contributed by atoms with Crippen LogP contribution >= 0.6 is 0 Å². The zero-order valence-electron chi connectivity index (χ0n) is 12.0. The highest BCUT2D eigenvalue weighted by Crippen LogP contribution is 2.47. The Balaban J connectivity index is 2.02. The van der Waals surface area contributed by atoms with Crippen LogP contribution in [0.1, 0.15) is 33.1 Å². The lowest BCUT2D eigenvalue weighted by Crippen LogP contribution is -2.53. The molecule has 1 unspecified atom stereocenters. The van der Waals surface area contributed by atoms with Crippen LogP contribution in [0.15, 0.2) is 0 Å². The summed E-state index contributed by atoms with van der Waals surface area (Å²) in [5.74, 6) is -0.521. The van der Waals surface area contributed by atoms with Crippen molar-refractivity contribution in [3.05, 3.63) is 0 Å². The van der Waals surface area contributed by atoms with E-state index in [1.54, 1.807) is 0 Å². The molecule has 1 atom stereocenters. The van der Waals surface area contributed by atoms with Crippen LogP contribution in [0.5, 0.6) is 0 Å². The van der Waals surface area contributed by atoms with Gasteiger partial charge in [-0.2, -0.15) is 4.31 Å². The summed E-state index contributed by atoms with van der Waals surface area (Å²) >= 11 is 0. The maximum Gasteiger partial charge on any atom is 0.324 e. The number of carboxylic acids is 1. The van der Waals surface area contributed by atoms with Gasteiger partial charge in [-0.25, -0.2) is 8.42 Å². The highest BCUT2D eigenvalue weighted by Gasteiger charge is 2.41. The number of carboxylic acid groups (broad SMARTS) is 1. The standard InChI is InChI=1S/C13H23NO5S/c1-13(2,10-3-4-10)5-8-20(17,18)14-6-7-19-9-11(14)12(15)16/h10-11H,3-9H2,1-2H3,(H,15,16). The van der Waals surface area contributed by atoms with Crippen LogP contribution in [0.25, 0.3) is 0 Å². The number of aliphatic carboxylic acids is 1.